The third kappa shape index (κ3) is 6.74. The van der Waals surface area contributed by atoms with Crippen LogP contribution in [-0.2, 0) is 19.1 Å². The maximum atomic E-state index is 12.9. The smallest absolute Gasteiger partial charge is 0.312 e. The van der Waals surface area contributed by atoms with Crippen molar-refractivity contribution < 1.29 is 28.3 Å². The van der Waals surface area contributed by atoms with Gasteiger partial charge in [0.25, 0.3) is 0 Å². The summed E-state index contributed by atoms with van der Waals surface area (Å²) in [7, 11) is 1.54. The molecule has 0 bridgehead atoms. The number of morpholine rings is 1. The lowest BCUT2D eigenvalue weighted by Crippen LogP contribution is -2.48. The molecule has 1 aliphatic heterocycles. The number of unbranched alkanes of at least 4 members (excludes halogenated alkanes) is 2. The largest absolute Gasteiger partial charge is 0.480 e. The van der Waals surface area contributed by atoms with Gasteiger partial charge in [0.1, 0.15) is 11.8 Å². The number of ether oxygens (including phenoxy) is 2. The number of pyridine rings is 1. The van der Waals surface area contributed by atoms with E-state index in [9.17, 15) is 14.4 Å². The van der Waals surface area contributed by atoms with Crippen molar-refractivity contribution in [1.82, 2.24) is 20.2 Å². The molecule has 1 unspecified atom stereocenters. The van der Waals surface area contributed by atoms with Crippen LogP contribution in [0.15, 0.2) is 40.9 Å². The summed E-state index contributed by atoms with van der Waals surface area (Å²) in [6.45, 7) is 3.42. The third-order valence-corrected chi connectivity index (χ3v) is 6.61. The van der Waals surface area contributed by atoms with Gasteiger partial charge in [0, 0.05) is 31.3 Å². The van der Waals surface area contributed by atoms with E-state index in [0.29, 0.717) is 68.7 Å². The molecule has 10 nitrogen and oxygen atoms in total. The van der Waals surface area contributed by atoms with Crippen LogP contribution in [0.1, 0.15) is 57.4 Å². The number of oxazole rings is 1. The minimum Gasteiger partial charge on any atom is -0.480 e. The molecule has 4 rings (SSSR count). The Bertz CT molecular complexity index is 1270. The summed E-state index contributed by atoms with van der Waals surface area (Å²) in [6.07, 6.45) is 5.48. The van der Waals surface area contributed by atoms with Crippen molar-refractivity contribution in [2.75, 3.05) is 33.4 Å². The highest BCUT2D eigenvalue weighted by Gasteiger charge is 2.28. The summed E-state index contributed by atoms with van der Waals surface area (Å²) in [5.74, 6) is 0.0727. The van der Waals surface area contributed by atoms with Gasteiger partial charge >= 0.3 is 11.8 Å². The molecular weight excluding hydrogens is 488 g/mol. The molecule has 0 aliphatic carbocycles. The van der Waals surface area contributed by atoms with Crippen LogP contribution in [0.3, 0.4) is 0 Å². The van der Waals surface area contributed by atoms with Gasteiger partial charge in [-0.3, -0.25) is 14.4 Å². The summed E-state index contributed by atoms with van der Waals surface area (Å²) >= 11 is 0. The van der Waals surface area contributed by atoms with Crippen molar-refractivity contribution >= 4 is 28.5 Å². The normalized spacial score (nSPS) is 14.3. The first-order valence-electron chi connectivity index (χ1n) is 13.1. The number of carbonyl (C=O) groups excluding carboxylic acids is 3. The molecule has 10 heteroatoms. The topological polar surface area (TPSA) is 124 Å². The van der Waals surface area contributed by atoms with Crippen LogP contribution in [0.25, 0.3) is 22.2 Å². The lowest BCUT2D eigenvalue weighted by Gasteiger charge is -2.26. The molecule has 0 spiro atoms. The van der Waals surface area contributed by atoms with Crippen LogP contribution >= 0.6 is 0 Å². The first kappa shape index (κ1) is 27.3. The average molecular weight is 523 g/mol. The van der Waals surface area contributed by atoms with Crippen molar-refractivity contribution in [1.29, 1.82) is 0 Å². The number of nitrogens with zero attached hydrogens (tertiary/aromatic N) is 3. The second kappa shape index (κ2) is 13.1. The molecule has 2 amide bonds. The molecule has 1 N–H and O–H groups in total. The zero-order chi connectivity index (χ0) is 26.9. The zero-order valence-electron chi connectivity index (χ0n) is 21.9. The first-order chi connectivity index (χ1) is 18.5. The van der Waals surface area contributed by atoms with E-state index in [4.69, 9.17) is 13.9 Å². The van der Waals surface area contributed by atoms with E-state index in [1.807, 2.05) is 37.3 Å². The molecular formula is C28H34N4O6. The van der Waals surface area contributed by atoms with Crippen molar-refractivity contribution in [3.8, 4) is 17.2 Å². The number of methoxy groups -OCH3 is 1. The van der Waals surface area contributed by atoms with Gasteiger partial charge in [-0.05, 0) is 25.0 Å². The van der Waals surface area contributed by atoms with Crippen molar-refractivity contribution in [3.63, 3.8) is 0 Å². The monoisotopic (exact) mass is 522 g/mol. The molecule has 1 aliphatic rings. The van der Waals surface area contributed by atoms with E-state index in [-0.39, 0.29) is 5.78 Å². The van der Waals surface area contributed by atoms with Gasteiger partial charge < -0.3 is 24.1 Å². The number of rotatable bonds is 11. The van der Waals surface area contributed by atoms with Gasteiger partial charge in [0.05, 0.1) is 37.6 Å². The number of ketones is 1. The lowest BCUT2D eigenvalue weighted by molar-refractivity contribution is -0.148. The van der Waals surface area contributed by atoms with Gasteiger partial charge in [-0.25, -0.2) is 9.97 Å². The predicted molar refractivity (Wildman–Crippen MR) is 140 cm³/mol. The van der Waals surface area contributed by atoms with Crippen LogP contribution in [0, 0.1) is 0 Å². The quantitative estimate of drug-likeness (QED) is 0.298. The molecule has 202 valence electrons. The highest BCUT2D eigenvalue weighted by atomic mass is 16.5. The SMILES string of the molecule is CCC(=O)CCCCCC(NC(=O)C(=O)N1CCOCC1)c1ncc(-c2cc3ccccc3nc2OC)o1. The standard InChI is InChI=1S/C28H34N4O6/c1-3-20(33)10-5-4-6-12-23(30-25(34)28(35)32-13-15-37-16-14-32)27-29-18-24(38-27)21-17-19-9-7-8-11-22(19)31-26(21)36-2/h7-9,11,17-18,23H,3-6,10,12-16H2,1-2H3,(H,30,34). The minimum atomic E-state index is -0.706. The Hall–Kier alpha value is -3.79. The summed E-state index contributed by atoms with van der Waals surface area (Å²) in [6, 6.07) is 9.00. The van der Waals surface area contributed by atoms with Gasteiger partial charge in [0.15, 0.2) is 5.76 Å². The van der Waals surface area contributed by atoms with Crippen LogP contribution in [0.2, 0.25) is 0 Å². The molecule has 1 fully saturated rings. The molecule has 2 aromatic heterocycles. The Morgan fingerprint density at radius 2 is 1.92 bits per heavy atom. The summed E-state index contributed by atoms with van der Waals surface area (Å²) in [5, 5.41) is 3.74. The summed E-state index contributed by atoms with van der Waals surface area (Å²) in [4.78, 5) is 47.7. The number of Topliss-reactive ketones (excluding diaryl/α,β-unsaturated/α-hetero) is 1. The Labute approximate surface area is 221 Å². The third-order valence-electron chi connectivity index (χ3n) is 6.61. The van der Waals surface area contributed by atoms with Gasteiger partial charge in [0.2, 0.25) is 11.8 Å². The van der Waals surface area contributed by atoms with Crippen LogP contribution < -0.4 is 10.1 Å². The van der Waals surface area contributed by atoms with Crippen molar-refractivity contribution in [3.05, 3.63) is 42.4 Å². The van der Waals surface area contributed by atoms with E-state index in [1.165, 1.54) is 4.90 Å². The van der Waals surface area contributed by atoms with Gasteiger partial charge in [-0.15, -0.1) is 0 Å². The van der Waals surface area contributed by atoms with E-state index in [2.05, 4.69) is 15.3 Å². The number of fused-ring (bicyclic) bond motifs is 1. The van der Waals surface area contributed by atoms with Crippen LogP contribution in [0.4, 0.5) is 0 Å². The van der Waals surface area contributed by atoms with E-state index >= 15 is 0 Å². The van der Waals surface area contributed by atoms with Gasteiger partial charge in [-0.2, -0.15) is 0 Å². The van der Waals surface area contributed by atoms with Crippen LogP contribution in [0.5, 0.6) is 5.88 Å². The number of nitrogens with one attached hydrogen (secondary N) is 1. The number of aromatic nitrogens is 2. The Kier molecular flexibility index (Phi) is 9.42. The fourth-order valence-electron chi connectivity index (χ4n) is 4.42. The first-order valence-corrected chi connectivity index (χ1v) is 13.1. The van der Waals surface area contributed by atoms with Crippen molar-refractivity contribution in [2.24, 2.45) is 0 Å². The molecule has 1 atom stereocenters. The highest BCUT2D eigenvalue weighted by molar-refractivity contribution is 6.35. The second-order valence-electron chi connectivity index (χ2n) is 9.22. The average Bonchev–Trinajstić information content (AvgIpc) is 3.45. The molecule has 3 heterocycles. The summed E-state index contributed by atoms with van der Waals surface area (Å²) < 4.78 is 16.9. The van der Waals surface area contributed by atoms with Crippen LogP contribution in [-0.4, -0.2) is 65.9 Å². The molecule has 1 aromatic carbocycles. The Morgan fingerprint density at radius 3 is 2.68 bits per heavy atom. The predicted octanol–water partition coefficient (Wildman–Crippen LogP) is 3.84. The Morgan fingerprint density at radius 1 is 1.13 bits per heavy atom. The summed E-state index contributed by atoms with van der Waals surface area (Å²) in [5.41, 5.74) is 1.43. The minimum absolute atomic E-state index is 0.237. The molecule has 1 saturated heterocycles. The Balaban J connectivity index is 1.52. The number of amides is 2. The molecule has 0 radical (unpaired) electrons. The molecule has 38 heavy (non-hydrogen) atoms. The number of benzene rings is 1. The molecule has 3 aromatic rings. The maximum Gasteiger partial charge on any atom is 0.312 e. The fourth-order valence-corrected chi connectivity index (χ4v) is 4.42. The fraction of sp³-hybridized carbons (Fsp3) is 0.464. The number of hydrogen-bond acceptors (Lipinski definition) is 8. The van der Waals surface area contributed by atoms with Gasteiger partial charge in [-0.1, -0.05) is 38.0 Å². The number of carbonyl (C=O) groups is 3. The number of para-hydroxylation sites is 1. The second-order valence-corrected chi connectivity index (χ2v) is 9.22. The molecule has 0 saturated carbocycles. The van der Waals surface area contributed by atoms with Crippen molar-refractivity contribution in [2.45, 2.75) is 51.5 Å². The van der Waals surface area contributed by atoms with E-state index < -0.39 is 17.9 Å². The zero-order valence-corrected chi connectivity index (χ0v) is 21.9. The highest BCUT2D eigenvalue weighted by Crippen LogP contribution is 2.33. The lowest BCUT2D eigenvalue weighted by atomic mass is 10.0. The van der Waals surface area contributed by atoms with E-state index in [0.717, 1.165) is 30.2 Å². The maximum absolute atomic E-state index is 12.9. The number of hydrogen-bond donors (Lipinski definition) is 1. The van der Waals surface area contributed by atoms with E-state index in [1.54, 1.807) is 13.3 Å².